The van der Waals surface area contributed by atoms with Crippen LogP contribution < -0.4 is 11.2 Å². The molecule has 3 aromatic rings. The van der Waals surface area contributed by atoms with Gasteiger partial charge in [0.05, 0.1) is 5.39 Å². The number of pyridine rings is 1. The Bertz CT molecular complexity index is 890. The van der Waals surface area contributed by atoms with E-state index in [1.165, 1.54) is 15.9 Å². The van der Waals surface area contributed by atoms with Crippen molar-refractivity contribution >= 4 is 21.6 Å². The van der Waals surface area contributed by atoms with Crippen molar-refractivity contribution < 1.29 is 0 Å². The van der Waals surface area contributed by atoms with Crippen LogP contribution in [0.25, 0.3) is 20.7 Å². The Balaban J connectivity index is 2.40. The van der Waals surface area contributed by atoms with Crippen molar-refractivity contribution in [1.29, 1.82) is 0 Å². The van der Waals surface area contributed by atoms with Crippen molar-refractivity contribution in [1.82, 2.24) is 14.5 Å². The van der Waals surface area contributed by atoms with E-state index in [9.17, 15) is 9.59 Å². The van der Waals surface area contributed by atoms with E-state index in [-0.39, 0.29) is 11.2 Å². The molecule has 0 spiro atoms. The van der Waals surface area contributed by atoms with E-state index < -0.39 is 0 Å². The normalized spacial score (nSPS) is 11.1. The molecule has 1 N–H and O–H groups in total. The van der Waals surface area contributed by atoms with Crippen LogP contribution in [0.3, 0.4) is 0 Å². The van der Waals surface area contributed by atoms with Gasteiger partial charge in [-0.2, -0.15) is 0 Å². The molecule has 5 nitrogen and oxygen atoms in total. The number of aromatic amines is 1. The van der Waals surface area contributed by atoms with E-state index in [0.717, 1.165) is 16.0 Å². The first kappa shape index (κ1) is 12.8. The lowest BCUT2D eigenvalue weighted by molar-refractivity contribution is 0.685. The van der Waals surface area contributed by atoms with E-state index in [4.69, 9.17) is 0 Å². The fourth-order valence-corrected chi connectivity index (χ4v) is 3.51. The van der Waals surface area contributed by atoms with E-state index in [2.05, 4.69) is 9.97 Å². The van der Waals surface area contributed by atoms with Crippen LogP contribution >= 0.6 is 11.3 Å². The maximum absolute atomic E-state index is 12.4. The van der Waals surface area contributed by atoms with Gasteiger partial charge in [0.25, 0.3) is 5.56 Å². The first-order valence-corrected chi connectivity index (χ1v) is 7.11. The molecule has 0 radical (unpaired) electrons. The number of nitrogens with zero attached hydrogens (tertiary/aromatic N) is 2. The van der Waals surface area contributed by atoms with Crippen molar-refractivity contribution in [2.24, 2.45) is 0 Å². The summed E-state index contributed by atoms with van der Waals surface area (Å²) < 4.78 is 1.22. The largest absolute Gasteiger partial charge is 0.329 e. The Labute approximate surface area is 118 Å². The minimum atomic E-state index is -0.354. The Hall–Kier alpha value is -2.21. The van der Waals surface area contributed by atoms with Crippen LogP contribution in [0, 0.1) is 6.92 Å². The first-order chi connectivity index (χ1) is 9.63. The summed E-state index contributed by atoms with van der Waals surface area (Å²) in [5.41, 5.74) is 1.33. The Morgan fingerprint density at radius 2 is 2.00 bits per heavy atom. The van der Waals surface area contributed by atoms with Gasteiger partial charge in [0, 0.05) is 23.8 Å². The highest BCUT2D eigenvalue weighted by molar-refractivity contribution is 7.22. The molecule has 0 aliphatic rings. The van der Waals surface area contributed by atoms with Gasteiger partial charge >= 0.3 is 5.69 Å². The van der Waals surface area contributed by atoms with Crippen molar-refractivity contribution in [3.8, 4) is 10.4 Å². The SMILES string of the molecule is CCn1c(=O)[nH]c2sc(-c3ccncc3)c(C)c2c1=O. The number of aryl methyl sites for hydroxylation is 1. The highest BCUT2D eigenvalue weighted by Gasteiger charge is 2.16. The molecule has 0 unspecified atom stereocenters. The number of nitrogens with one attached hydrogen (secondary N) is 1. The molecule has 0 amide bonds. The summed E-state index contributed by atoms with van der Waals surface area (Å²) in [7, 11) is 0. The third kappa shape index (κ3) is 1.80. The predicted octanol–water partition coefficient (Wildman–Crippen LogP) is 2.14. The highest BCUT2D eigenvalue weighted by atomic mass is 32.1. The van der Waals surface area contributed by atoms with E-state index >= 15 is 0 Å². The molecule has 0 bridgehead atoms. The lowest BCUT2D eigenvalue weighted by Gasteiger charge is -2.00. The second-order valence-corrected chi connectivity index (χ2v) is 5.50. The summed E-state index contributed by atoms with van der Waals surface area (Å²) in [6.45, 7) is 4.06. The van der Waals surface area contributed by atoms with Gasteiger partial charge in [0.2, 0.25) is 0 Å². The summed E-state index contributed by atoms with van der Waals surface area (Å²) in [4.78, 5) is 32.6. The average molecular weight is 287 g/mol. The van der Waals surface area contributed by atoms with Crippen LogP contribution in [0.2, 0.25) is 0 Å². The number of rotatable bonds is 2. The number of aromatic nitrogens is 3. The minimum Gasteiger partial charge on any atom is -0.298 e. The molecule has 3 rings (SSSR count). The summed E-state index contributed by atoms with van der Waals surface area (Å²) in [6, 6.07) is 3.79. The second kappa shape index (κ2) is 4.72. The van der Waals surface area contributed by atoms with Crippen molar-refractivity contribution in [2.75, 3.05) is 0 Å². The van der Waals surface area contributed by atoms with E-state index in [0.29, 0.717) is 16.8 Å². The van der Waals surface area contributed by atoms with Gasteiger partial charge in [-0.25, -0.2) is 4.79 Å². The molecule has 0 aliphatic carbocycles. The van der Waals surface area contributed by atoms with Gasteiger partial charge in [-0.3, -0.25) is 19.3 Å². The first-order valence-electron chi connectivity index (χ1n) is 6.30. The third-order valence-electron chi connectivity index (χ3n) is 3.33. The maximum atomic E-state index is 12.4. The molecule has 6 heteroatoms. The zero-order valence-corrected chi connectivity index (χ0v) is 12.0. The molecule has 0 saturated heterocycles. The van der Waals surface area contributed by atoms with Crippen LogP contribution in [-0.4, -0.2) is 14.5 Å². The Morgan fingerprint density at radius 1 is 1.30 bits per heavy atom. The van der Waals surface area contributed by atoms with Crippen molar-refractivity contribution in [2.45, 2.75) is 20.4 Å². The second-order valence-electron chi connectivity index (χ2n) is 4.48. The summed E-state index contributed by atoms with van der Waals surface area (Å²) in [5, 5.41) is 0.600. The number of hydrogen-bond acceptors (Lipinski definition) is 4. The molecule has 20 heavy (non-hydrogen) atoms. The third-order valence-corrected chi connectivity index (χ3v) is 4.59. The zero-order chi connectivity index (χ0) is 14.3. The van der Waals surface area contributed by atoms with Gasteiger partial charge < -0.3 is 0 Å². The number of fused-ring (bicyclic) bond motifs is 1. The Morgan fingerprint density at radius 3 is 2.65 bits per heavy atom. The van der Waals surface area contributed by atoms with Gasteiger partial charge in [-0.15, -0.1) is 11.3 Å². The fraction of sp³-hybridized carbons (Fsp3) is 0.214. The van der Waals surface area contributed by atoms with Gasteiger partial charge in [0.15, 0.2) is 0 Å². The maximum Gasteiger partial charge on any atom is 0.329 e. The molecular weight excluding hydrogens is 274 g/mol. The topological polar surface area (TPSA) is 67.8 Å². The average Bonchev–Trinajstić information content (AvgIpc) is 2.77. The molecular formula is C14H13N3O2S. The quantitative estimate of drug-likeness (QED) is 0.785. The standard InChI is InChI=1S/C14H13N3O2S/c1-3-17-13(18)10-8(2)11(9-4-6-15-7-5-9)20-12(10)16-14(17)19/h4-7H,3H2,1-2H3,(H,16,19). The lowest BCUT2D eigenvalue weighted by atomic mass is 10.1. The van der Waals surface area contributed by atoms with Crippen LogP contribution in [-0.2, 0) is 6.54 Å². The van der Waals surface area contributed by atoms with Crippen LogP contribution in [0.1, 0.15) is 12.5 Å². The predicted molar refractivity (Wildman–Crippen MR) is 80.3 cm³/mol. The van der Waals surface area contributed by atoms with Crippen molar-refractivity contribution in [3.63, 3.8) is 0 Å². The molecule has 0 aliphatic heterocycles. The smallest absolute Gasteiger partial charge is 0.298 e. The van der Waals surface area contributed by atoms with E-state index in [1.54, 1.807) is 19.3 Å². The molecule has 0 aromatic carbocycles. The van der Waals surface area contributed by atoms with Crippen LogP contribution in [0.15, 0.2) is 34.1 Å². The monoisotopic (exact) mass is 287 g/mol. The summed E-state index contributed by atoms with van der Waals surface area (Å²) in [6.07, 6.45) is 3.43. The van der Waals surface area contributed by atoms with Gasteiger partial charge in [0.1, 0.15) is 4.83 Å². The Kier molecular flexibility index (Phi) is 3.02. The van der Waals surface area contributed by atoms with Crippen LogP contribution in [0.5, 0.6) is 0 Å². The number of H-pyrrole nitrogens is 1. The molecule has 0 atom stereocenters. The summed E-state index contributed by atoms with van der Waals surface area (Å²) in [5.74, 6) is 0. The molecule has 3 aromatic heterocycles. The lowest BCUT2D eigenvalue weighted by Crippen LogP contribution is -2.34. The minimum absolute atomic E-state index is 0.222. The zero-order valence-electron chi connectivity index (χ0n) is 11.1. The molecule has 0 saturated carbocycles. The van der Waals surface area contributed by atoms with Gasteiger partial charge in [-0.05, 0) is 37.1 Å². The van der Waals surface area contributed by atoms with Gasteiger partial charge in [-0.1, -0.05) is 0 Å². The molecule has 102 valence electrons. The fourth-order valence-electron chi connectivity index (χ4n) is 2.32. The highest BCUT2D eigenvalue weighted by Crippen LogP contribution is 2.34. The summed E-state index contributed by atoms with van der Waals surface area (Å²) >= 11 is 1.43. The molecule has 0 fully saturated rings. The van der Waals surface area contributed by atoms with E-state index in [1.807, 2.05) is 19.1 Å². The van der Waals surface area contributed by atoms with Crippen molar-refractivity contribution in [3.05, 3.63) is 50.9 Å². The number of hydrogen-bond donors (Lipinski definition) is 1. The number of thiophene rings is 1. The molecule has 3 heterocycles. The van der Waals surface area contributed by atoms with Crippen LogP contribution in [0.4, 0.5) is 0 Å².